The molecule has 1 saturated carbocycles. The van der Waals surface area contributed by atoms with Crippen molar-refractivity contribution >= 4 is 0 Å². The van der Waals surface area contributed by atoms with Crippen LogP contribution >= 0.6 is 0 Å². The maximum absolute atomic E-state index is 9.68. The van der Waals surface area contributed by atoms with E-state index < -0.39 is 5.60 Å². The second-order valence-electron chi connectivity index (χ2n) is 4.57. The number of ether oxygens (including phenoxy) is 1. The third-order valence-electron chi connectivity index (χ3n) is 2.97. The first-order chi connectivity index (χ1) is 5.93. The molecule has 0 aromatic heterocycles. The predicted molar refractivity (Wildman–Crippen MR) is 52.7 cm³/mol. The van der Waals surface area contributed by atoms with E-state index in [2.05, 4.69) is 5.32 Å². The van der Waals surface area contributed by atoms with Crippen LogP contribution in [0.3, 0.4) is 0 Å². The Balaban J connectivity index is 2.20. The molecule has 78 valence electrons. The van der Waals surface area contributed by atoms with Gasteiger partial charge in [0.2, 0.25) is 0 Å². The molecular formula is C10H21NO2. The summed E-state index contributed by atoms with van der Waals surface area (Å²) in [4.78, 5) is 0. The van der Waals surface area contributed by atoms with Gasteiger partial charge in [0.25, 0.3) is 0 Å². The van der Waals surface area contributed by atoms with Crippen molar-refractivity contribution in [3.05, 3.63) is 0 Å². The van der Waals surface area contributed by atoms with Gasteiger partial charge in [-0.3, -0.25) is 0 Å². The van der Waals surface area contributed by atoms with Gasteiger partial charge in [-0.1, -0.05) is 0 Å². The fourth-order valence-electron chi connectivity index (χ4n) is 1.45. The predicted octanol–water partition coefficient (Wildman–Crippen LogP) is 0.913. The molecule has 0 amide bonds. The molecule has 0 spiro atoms. The number of hydrogen-bond acceptors (Lipinski definition) is 3. The lowest BCUT2D eigenvalue weighted by Crippen LogP contribution is -2.54. The Bertz CT molecular complexity index is 159. The first-order valence-electron chi connectivity index (χ1n) is 4.94. The molecule has 2 N–H and O–H groups in total. The van der Waals surface area contributed by atoms with Gasteiger partial charge in [0, 0.05) is 19.2 Å². The van der Waals surface area contributed by atoms with Crippen LogP contribution in [0.2, 0.25) is 0 Å². The largest absolute Gasteiger partial charge is 0.389 e. The summed E-state index contributed by atoms with van der Waals surface area (Å²) in [6.45, 7) is 5.68. The van der Waals surface area contributed by atoms with Crippen LogP contribution in [0, 0.1) is 0 Å². The highest BCUT2D eigenvalue weighted by Crippen LogP contribution is 2.24. The zero-order valence-corrected chi connectivity index (χ0v) is 9.00. The van der Waals surface area contributed by atoms with Crippen molar-refractivity contribution in [2.45, 2.75) is 57.4 Å². The molecule has 0 aliphatic heterocycles. The molecule has 0 bridgehead atoms. The van der Waals surface area contributed by atoms with Crippen LogP contribution in [0.15, 0.2) is 0 Å². The van der Waals surface area contributed by atoms with Crippen molar-refractivity contribution in [3.63, 3.8) is 0 Å². The molecule has 0 radical (unpaired) electrons. The second-order valence-corrected chi connectivity index (χ2v) is 4.57. The molecule has 1 unspecified atom stereocenters. The molecular weight excluding hydrogens is 166 g/mol. The van der Waals surface area contributed by atoms with Crippen LogP contribution < -0.4 is 5.32 Å². The second kappa shape index (κ2) is 3.95. The van der Waals surface area contributed by atoms with Crippen molar-refractivity contribution in [2.24, 2.45) is 0 Å². The Kier molecular flexibility index (Phi) is 3.33. The van der Waals surface area contributed by atoms with Crippen LogP contribution in [0.1, 0.15) is 33.6 Å². The lowest BCUT2D eigenvalue weighted by Gasteiger charge is -2.39. The molecule has 1 fully saturated rings. The molecule has 0 aromatic rings. The van der Waals surface area contributed by atoms with Crippen molar-refractivity contribution < 1.29 is 9.84 Å². The quantitative estimate of drug-likeness (QED) is 0.687. The minimum absolute atomic E-state index is 0.135. The molecule has 3 heteroatoms. The molecule has 1 aliphatic rings. The van der Waals surface area contributed by atoms with Crippen LogP contribution in [0.4, 0.5) is 0 Å². The Hall–Kier alpha value is -0.120. The summed E-state index contributed by atoms with van der Waals surface area (Å²) < 4.78 is 5.18. The van der Waals surface area contributed by atoms with Crippen LogP contribution in [0.5, 0.6) is 0 Å². The van der Waals surface area contributed by atoms with E-state index in [1.54, 1.807) is 7.11 Å². The lowest BCUT2D eigenvalue weighted by molar-refractivity contribution is -0.00819. The number of methoxy groups -OCH3 is 1. The Labute approximate surface area is 80.5 Å². The first-order valence-corrected chi connectivity index (χ1v) is 4.94. The van der Waals surface area contributed by atoms with Crippen molar-refractivity contribution in [1.29, 1.82) is 0 Å². The van der Waals surface area contributed by atoms with E-state index in [1.807, 2.05) is 20.8 Å². The van der Waals surface area contributed by atoms with Gasteiger partial charge in [0.1, 0.15) is 0 Å². The molecule has 3 nitrogen and oxygen atoms in total. The van der Waals surface area contributed by atoms with E-state index in [0.29, 0.717) is 12.1 Å². The monoisotopic (exact) mass is 187 g/mol. The van der Waals surface area contributed by atoms with Crippen molar-refractivity contribution in [1.82, 2.24) is 5.32 Å². The minimum Gasteiger partial charge on any atom is -0.389 e. The average molecular weight is 187 g/mol. The molecule has 13 heavy (non-hydrogen) atoms. The summed E-state index contributed by atoms with van der Waals surface area (Å²) in [6.07, 6.45) is 2.56. The highest BCUT2D eigenvalue weighted by molar-refractivity contribution is 4.91. The van der Waals surface area contributed by atoms with Crippen molar-refractivity contribution in [2.75, 3.05) is 7.11 Å². The molecule has 1 rings (SSSR count). The third kappa shape index (κ3) is 2.93. The summed E-state index contributed by atoms with van der Waals surface area (Å²) in [5.74, 6) is 0. The summed E-state index contributed by atoms with van der Waals surface area (Å²) in [5.41, 5.74) is -0.641. The van der Waals surface area contributed by atoms with Gasteiger partial charge in [-0.25, -0.2) is 0 Å². The van der Waals surface area contributed by atoms with Gasteiger partial charge < -0.3 is 15.2 Å². The van der Waals surface area contributed by atoms with E-state index in [0.717, 1.165) is 12.8 Å². The van der Waals surface area contributed by atoms with Gasteiger partial charge >= 0.3 is 0 Å². The number of hydrogen-bond donors (Lipinski definition) is 2. The fraction of sp³-hybridized carbons (Fsp3) is 1.00. The first kappa shape index (κ1) is 11.0. The van der Waals surface area contributed by atoms with Crippen LogP contribution in [0.25, 0.3) is 0 Å². The summed E-state index contributed by atoms with van der Waals surface area (Å²) in [5, 5.41) is 13.1. The van der Waals surface area contributed by atoms with Gasteiger partial charge in [-0.2, -0.15) is 0 Å². The van der Waals surface area contributed by atoms with Crippen LogP contribution in [-0.4, -0.2) is 36.0 Å². The van der Waals surface area contributed by atoms with Crippen LogP contribution in [-0.2, 0) is 4.74 Å². The number of rotatable bonds is 4. The van der Waals surface area contributed by atoms with Crippen molar-refractivity contribution in [3.8, 4) is 0 Å². The van der Waals surface area contributed by atoms with Gasteiger partial charge in [0.15, 0.2) is 0 Å². The highest BCUT2D eigenvalue weighted by atomic mass is 16.5. The zero-order chi connectivity index (χ0) is 10.1. The molecule has 0 saturated heterocycles. The molecule has 1 atom stereocenters. The summed E-state index contributed by atoms with van der Waals surface area (Å²) in [6, 6.07) is 0.654. The van der Waals surface area contributed by atoms with E-state index in [9.17, 15) is 5.11 Å². The Morgan fingerprint density at radius 2 is 2.00 bits per heavy atom. The highest BCUT2D eigenvalue weighted by Gasteiger charge is 2.32. The Morgan fingerprint density at radius 1 is 1.46 bits per heavy atom. The maximum atomic E-state index is 9.68. The third-order valence-corrected chi connectivity index (χ3v) is 2.97. The zero-order valence-electron chi connectivity index (χ0n) is 9.00. The van der Waals surface area contributed by atoms with Gasteiger partial charge in [0.05, 0.1) is 11.7 Å². The maximum Gasteiger partial charge on any atom is 0.0741 e. The summed E-state index contributed by atoms with van der Waals surface area (Å²) in [7, 11) is 1.75. The molecule has 0 heterocycles. The van der Waals surface area contributed by atoms with E-state index in [-0.39, 0.29) is 6.04 Å². The van der Waals surface area contributed by atoms with E-state index in [4.69, 9.17) is 4.74 Å². The topological polar surface area (TPSA) is 41.5 Å². The fourth-order valence-corrected chi connectivity index (χ4v) is 1.45. The Morgan fingerprint density at radius 3 is 2.38 bits per heavy atom. The van der Waals surface area contributed by atoms with E-state index >= 15 is 0 Å². The number of aliphatic hydroxyl groups is 1. The van der Waals surface area contributed by atoms with E-state index in [1.165, 1.54) is 0 Å². The summed E-state index contributed by atoms with van der Waals surface area (Å²) >= 11 is 0. The minimum atomic E-state index is -0.641. The SMILES string of the molecule is COC1CC(NC(C)C(C)(C)O)C1. The molecule has 1 aliphatic carbocycles. The van der Waals surface area contributed by atoms with Gasteiger partial charge in [-0.15, -0.1) is 0 Å². The molecule has 0 aromatic carbocycles. The van der Waals surface area contributed by atoms with Gasteiger partial charge in [-0.05, 0) is 33.6 Å². The average Bonchev–Trinajstić information content (AvgIpc) is 1.93. The lowest BCUT2D eigenvalue weighted by atomic mass is 9.87. The standard InChI is InChI=1S/C10H21NO2/c1-7(10(2,3)12)11-8-5-9(6-8)13-4/h7-9,11-12H,5-6H2,1-4H3. The smallest absolute Gasteiger partial charge is 0.0741 e. The normalized spacial score (nSPS) is 31.2. The number of nitrogens with one attached hydrogen (secondary N) is 1.